The summed E-state index contributed by atoms with van der Waals surface area (Å²) in [6, 6.07) is 25.0. The van der Waals surface area contributed by atoms with Gasteiger partial charge in [0.25, 0.3) is 5.91 Å². The number of alkyl halides is 3. The van der Waals surface area contributed by atoms with Gasteiger partial charge in [-0.1, -0.05) is 78.3 Å². The van der Waals surface area contributed by atoms with Gasteiger partial charge in [-0.2, -0.15) is 13.2 Å². The van der Waals surface area contributed by atoms with Gasteiger partial charge in [-0.15, -0.1) is 0 Å². The van der Waals surface area contributed by atoms with E-state index in [0.29, 0.717) is 22.6 Å². The standard InChI is InChI=1S/C29H19ClF3NO4/c30-18-14-15-22(21(16-18)29(31,32)33)34-27(35)26(17-8-2-1-3-9-17)38-28(36)25-19-10-4-6-12-23(19)37-24-13-7-5-11-20(24)25/h1-16,25-26H,(H,34,35)/t26-/m1/s1. The SMILES string of the molecule is O=C(O[C@@H](C(=O)Nc1ccc(Cl)cc1C(F)(F)F)c1ccccc1)C1c2ccccc2Oc2ccccc21. The number of halogens is 4. The third-order valence-corrected chi connectivity index (χ3v) is 6.27. The van der Waals surface area contributed by atoms with Crippen LogP contribution < -0.4 is 10.1 Å². The van der Waals surface area contributed by atoms with E-state index in [2.05, 4.69) is 5.32 Å². The van der Waals surface area contributed by atoms with E-state index in [1.165, 1.54) is 6.07 Å². The summed E-state index contributed by atoms with van der Waals surface area (Å²) in [5, 5.41) is 2.13. The number of hydrogen-bond donors (Lipinski definition) is 1. The average molecular weight is 538 g/mol. The molecular weight excluding hydrogens is 519 g/mol. The van der Waals surface area contributed by atoms with Crippen molar-refractivity contribution in [1.82, 2.24) is 0 Å². The Kier molecular flexibility index (Phi) is 6.82. The Labute approximate surface area is 220 Å². The van der Waals surface area contributed by atoms with E-state index in [0.717, 1.165) is 12.1 Å². The van der Waals surface area contributed by atoms with Gasteiger partial charge in [-0.3, -0.25) is 9.59 Å². The molecule has 5 nitrogen and oxygen atoms in total. The number of carbonyl (C=O) groups excluding carboxylic acids is 2. The molecule has 38 heavy (non-hydrogen) atoms. The molecule has 1 aliphatic heterocycles. The number of esters is 1. The molecule has 0 fully saturated rings. The number of ether oxygens (including phenoxy) is 2. The summed E-state index contributed by atoms with van der Waals surface area (Å²) in [5.41, 5.74) is -0.259. The first-order chi connectivity index (χ1) is 18.2. The number of nitrogens with one attached hydrogen (secondary N) is 1. The number of rotatable bonds is 5. The van der Waals surface area contributed by atoms with Crippen molar-refractivity contribution in [3.63, 3.8) is 0 Å². The quantitative estimate of drug-likeness (QED) is 0.267. The Morgan fingerprint density at radius 3 is 2.03 bits per heavy atom. The van der Waals surface area contributed by atoms with Crippen LogP contribution in [-0.2, 0) is 20.5 Å². The minimum absolute atomic E-state index is 0.141. The number of hydrogen-bond acceptors (Lipinski definition) is 4. The molecular formula is C29H19ClF3NO4. The third kappa shape index (κ3) is 5.08. The molecule has 1 atom stereocenters. The Hall–Kier alpha value is -4.30. The fourth-order valence-corrected chi connectivity index (χ4v) is 4.48. The highest BCUT2D eigenvalue weighted by molar-refractivity contribution is 6.30. The predicted molar refractivity (Wildman–Crippen MR) is 135 cm³/mol. The fourth-order valence-electron chi connectivity index (χ4n) is 4.31. The lowest BCUT2D eigenvalue weighted by atomic mass is 9.88. The predicted octanol–water partition coefficient (Wildman–Crippen LogP) is 7.52. The first-order valence-electron chi connectivity index (χ1n) is 11.5. The number of para-hydroxylation sites is 2. The van der Waals surface area contributed by atoms with Gasteiger partial charge in [0.2, 0.25) is 6.10 Å². The summed E-state index contributed by atoms with van der Waals surface area (Å²) in [4.78, 5) is 27.1. The van der Waals surface area contributed by atoms with Crippen LogP contribution in [0.2, 0.25) is 5.02 Å². The maximum Gasteiger partial charge on any atom is 0.418 e. The van der Waals surface area contributed by atoms with E-state index in [1.54, 1.807) is 78.9 Å². The number of anilines is 1. The normalized spacial score (nSPS) is 13.5. The third-order valence-electron chi connectivity index (χ3n) is 6.03. The second kappa shape index (κ2) is 10.2. The van der Waals surface area contributed by atoms with Crippen LogP contribution in [0.5, 0.6) is 11.5 Å². The molecule has 0 unspecified atom stereocenters. The molecule has 1 heterocycles. The van der Waals surface area contributed by atoms with Crippen molar-refractivity contribution in [2.75, 3.05) is 5.32 Å². The number of fused-ring (bicyclic) bond motifs is 2. The Balaban J connectivity index is 1.50. The van der Waals surface area contributed by atoms with Crippen LogP contribution >= 0.6 is 11.6 Å². The smallest absolute Gasteiger partial charge is 0.418 e. The van der Waals surface area contributed by atoms with E-state index in [-0.39, 0.29) is 10.6 Å². The lowest BCUT2D eigenvalue weighted by molar-refractivity contribution is -0.155. The first kappa shape index (κ1) is 25.4. The molecule has 9 heteroatoms. The Morgan fingerprint density at radius 1 is 0.842 bits per heavy atom. The summed E-state index contributed by atoms with van der Waals surface area (Å²) < 4.78 is 52.6. The van der Waals surface area contributed by atoms with Crippen LogP contribution in [0.4, 0.5) is 18.9 Å². The molecule has 0 spiro atoms. The molecule has 1 amide bonds. The summed E-state index contributed by atoms with van der Waals surface area (Å²) in [7, 11) is 0. The highest BCUT2D eigenvalue weighted by Gasteiger charge is 2.38. The molecule has 4 aromatic rings. The summed E-state index contributed by atoms with van der Waals surface area (Å²) >= 11 is 5.76. The first-order valence-corrected chi connectivity index (χ1v) is 11.9. The van der Waals surface area contributed by atoms with E-state index >= 15 is 0 Å². The minimum Gasteiger partial charge on any atom is -0.457 e. The van der Waals surface area contributed by atoms with Gasteiger partial charge < -0.3 is 14.8 Å². The van der Waals surface area contributed by atoms with Gasteiger partial charge in [-0.05, 0) is 30.3 Å². The van der Waals surface area contributed by atoms with Gasteiger partial charge in [-0.25, -0.2) is 0 Å². The van der Waals surface area contributed by atoms with Gasteiger partial charge >= 0.3 is 12.1 Å². The lowest BCUT2D eigenvalue weighted by Crippen LogP contribution is -2.30. The average Bonchev–Trinajstić information content (AvgIpc) is 2.91. The van der Waals surface area contributed by atoms with Gasteiger partial charge in [0.05, 0.1) is 11.3 Å². The van der Waals surface area contributed by atoms with Crippen LogP contribution in [0, 0.1) is 0 Å². The fraction of sp³-hybridized carbons (Fsp3) is 0.103. The highest BCUT2D eigenvalue weighted by atomic mass is 35.5. The van der Waals surface area contributed by atoms with Gasteiger partial charge in [0.1, 0.15) is 17.4 Å². The van der Waals surface area contributed by atoms with Crippen molar-refractivity contribution in [3.05, 3.63) is 124 Å². The molecule has 1 aliphatic rings. The lowest BCUT2D eigenvalue weighted by Gasteiger charge is -2.28. The number of carbonyl (C=O) groups is 2. The molecule has 0 aromatic heterocycles. The van der Waals surface area contributed by atoms with Crippen molar-refractivity contribution >= 4 is 29.2 Å². The van der Waals surface area contributed by atoms with Crippen molar-refractivity contribution in [2.45, 2.75) is 18.2 Å². The highest BCUT2D eigenvalue weighted by Crippen LogP contribution is 2.45. The largest absolute Gasteiger partial charge is 0.457 e. The zero-order valence-corrected chi connectivity index (χ0v) is 20.3. The van der Waals surface area contributed by atoms with Crippen molar-refractivity contribution in [2.24, 2.45) is 0 Å². The van der Waals surface area contributed by atoms with Crippen LogP contribution in [0.15, 0.2) is 97.1 Å². The topological polar surface area (TPSA) is 64.6 Å². The monoisotopic (exact) mass is 537 g/mol. The van der Waals surface area contributed by atoms with Crippen molar-refractivity contribution in [3.8, 4) is 11.5 Å². The maximum absolute atomic E-state index is 13.7. The molecule has 0 bridgehead atoms. The van der Waals surface area contributed by atoms with Crippen molar-refractivity contribution < 1.29 is 32.2 Å². The number of benzene rings is 4. The van der Waals surface area contributed by atoms with Crippen LogP contribution in [0.25, 0.3) is 0 Å². The Morgan fingerprint density at radius 2 is 1.42 bits per heavy atom. The Bertz CT molecular complexity index is 1460. The van der Waals surface area contributed by atoms with Gasteiger partial charge in [0, 0.05) is 21.7 Å². The molecule has 192 valence electrons. The van der Waals surface area contributed by atoms with E-state index in [4.69, 9.17) is 21.1 Å². The van der Waals surface area contributed by atoms with Crippen LogP contribution in [0.1, 0.15) is 34.3 Å². The van der Waals surface area contributed by atoms with E-state index in [9.17, 15) is 22.8 Å². The minimum atomic E-state index is -4.78. The molecule has 1 N–H and O–H groups in total. The van der Waals surface area contributed by atoms with Crippen LogP contribution in [-0.4, -0.2) is 11.9 Å². The molecule has 5 rings (SSSR count). The second-order valence-electron chi connectivity index (χ2n) is 8.52. The second-order valence-corrected chi connectivity index (χ2v) is 8.95. The molecule has 4 aromatic carbocycles. The van der Waals surface area contributed by atoms with E-state index in [1.807, 2.05) is 0 Å². The molecule has 0 radical (unpaired) electrons. The summed E-state index contributed by atoms with van der Waals surface area (Å²) in [6.07, 6.45) is -6.32. The molecule has 0 saturated carbocycles. The van der Waals surface area contributed by atoms with Gasteiger partial charge in [0.15, 0.2) is 0 Å². The van der Waals surface area contributed by atoms with Crippen molar-refractivity contribution in [1.29, 1.82) is 0 Å². The van der Waals surface area contributed by atoms with E-state index < -0.39 is 41.3 Å². The molecule has 0 saturated heterocycles. The number of amides is 1. The molecule has 0 aliphatic carbocycles. The summed E-state index contributed by atoms with van der Waals surface area (Å²) in [6.45, 7) is 0. The zero-order chi connectivity index (χ0) is 26.9. The van der Waals surface area contributed by atoms with Crippen LogP contribution in [0.3, 0.4) is 0 Å². The zero-order valence-electron chi connectivity index (χ0n) is 19.5. The summed E-state index contributed by atoms with van der Waals surface area (Å²) in [5.74, 6) is -1.71. The maximum atomic E-state index is 13.7.